The second-order valence-electron chi connectivity index (χ2n) is 4.89. The van der Waals surface area contributed by atoms with Crippen LogP contribution in [0.5, 0.6) is 5.88 Å². The number of hydrogen-bond acceptors (Lipinski definition) is 4. The van der Waals surface area contributed by atoms with Gasteiger partial charge in [0, 0.05) is 41.8 Å². The van der Waals surface area contributed by atoms with Crippen molar-refractivity contribution in [3.63, 3.8) is 0 Å². The Balaban J connectivity index is 1.93. The zero-order valence-electron chi connectivity index (χ0n) is 11.7. The van der Waals surface area contributed by atoms with Crippen molar-refractivity contribution in [2.45, 2.75) is 0 Å². The molecule has 4 rings (SSSR count). The third-order valence-corrected chi connectivity index (χ3v) is 3.53. The number of pyridine rings is 2. The third-order valence-electron chi connectivity index (χ3n) is 3.53. The fourth-order valence-electron chi connectivity index (χ4n) is 2.48. The second-order valence-corrected chi connectivity index (χ2v) is 4.89. The van der Waals surface area contributed by atoms with Crippen LogP contribution in [0.1, 0.15) is 0 Å². The summed E-state index contributed by atoms with van der Waals surface area (Å²) in [6, 6.07) is 5.93. The summed E-state index contributed by atoms with van der Waals surface area (Å²) in [6.07, 6.45) is 5.56. The van der Waals surface area contributed by atoms with Gasteiger partial charge in [0.15, 0.2) is 0 Å². The molecule has 0 amide bonds. The van der Waals surface area contributed by atoms with Crippen LogP contribution in [-0.2, 0) is 7.05 Å². The van der Waals surface area contributed by atoms with Gasteiger partial charge in [-0.25, -0.2) is 9.97 Å². The van der Waals surface area contributed by atoms with Gasteiger partial charge < -0.3 is 9.72 Å². The van der Waals surface area contributed by atoms with Gasteiger partial charge in [-0.1, -0.05) is 0 Å². The van der Waals surface area contributed by atoms with E-state index >= 15 is 0 Å². The Morgan fingerprint density at radius 3 is 2.86 bits per heavy atom. The summed E-state index contributed by atoms with van der Waals surface area (Å²) < 4.78 is 6.92. The molecule has 1 N–H and O–H groups in total. The SMILES string of the molecule is COc1cc2[nH]c3nc(-c4cnn(C)c4)ccc3c2cn1. The summed E-state index contributed by atoms with van der Waals surface area (Å²) in [5, 5.41) is 6.27. The molecule has 4 aromatic rings. The van der Waals surface area contributed by atoms with Gasteiger partial charge in [0.1, 0.15) is 5.65 Å². The molecule has 6 nitrogen and oxygen atoms in total. The number of nitrogens with one attached hydrogen (secondary N) is 1. The van der Waals surface area contributed by atoms with Gasteiger partial charge in [0.05, 0.1) is 24.5 Å². The van der Waals surface area contributed by atoms with Crippen molar-refractivity contribution in [1.29, 1.82) is 0 Å². The van der Waals surface area contributed by atoms with E-state index in [-0.39, 0.29) is 0 Å². The maximum Gasteiger partial charge on any atom is 0.215 e. The fraction of sp³-hybridized carbons (Fsp3) is 0.133. The summed E-state index contributed by atoms with van der Waals surface area (Å²) >= 11 is 0. The molecule has 4 aromatic heterocycles. The average Bonchev–Trinajstić information content (AvgIpc) is 3.09. The van der Waals surface area contributed by atoms with Crippen molar-refractivity contribution in [2.24, 2.45) is 7.05 Å². The molecule has 0 unspecified atom stereocenters. The Morgan fingerprint density at radius 2 is 2.10 bits per heavy atom. The molecule has 4 heterocycles. The number of aromatic amines is 1. The molecule has 0 aliphatic rings. The number of aromatic nitrogens is 5. The molecule has 104 valence electrons. The van der Waals surface area contributed by atoms with Gasteiger partial charge in [0.2, 0.25) is 5.88 Å². The summed E-state index contributed by atoms with van der Waals surface area (Å²) in [4.78, 5) is 12.2. The first-order valence-corrected chi connectivity index (χ1v) is 6.56. The van der Waals surface area contributed by atoms with E-state index < -0.39 is 0 Å². The van der Waals surface area contributed by atoms with Crippen molar-refractivity contribution < 1.29 is 4.74 Å². The van der Waals surface area contributed by atoms with Crippen LogP contribution >= 0.6 is 0 Å². The first-order chi connectivity index (χ1) is 10.2. The number of rotatable bonds is 2. The normalized spacial score (nSPS) is 11.3. The van der Waals surface area contributed by atoms with E-state index in [0.717, 1.165) is 33.2 Å². The van der Waals surface area contributed by atoms with Crippen molar-refractivity contribution in [3.8, 4) is 17.1 Å². The Kier molecular flexibility index (Phi) is 2.44. The highest BCUT2D eigenvalue weighted by Gasteiger charge is 2.09. The smallest absolute Gasteiger partial charge is 0.215 e. The van der Waals surface area contributed by atoms with Gasteiger partial charge in [-0.3, -0.25) is 4.68 Å². The van der Waals surface area contributed by atoms with Crippen LogP contribution in [0.3, 0.4) is 0 Å². The summed E-state index contributed by atoms with van der Waals surface area (Å²) in [6.45, 7) is 0. The maximum absolute atomic E-state index is 5.15. The van der Waals surface area contributed by atoms with Crippen LogP contribution in [0, 0.1) is 0 Å². The van der Waals surface area contributed by atoms with Gasteiger partial charge in [0.25, 0.3) is 0 Å². The van der Waals surface area contributed by atoms with Crippen LogP contribution in [0.2, 0.25) is 0 Å². The molecule has 0 aliphatic carbocycles. The quantitative estimate of drug-likeness (QED) is 0.612. The molecule has 0 radical (unpaired) electrons. The predicted octanol–water partition coefficient (Wildman–Crippen LogP) is 2.52. The first-order valence-electron chi connectivity index (χ1n) is 6.56. The molecule has 6 heteroatoms. The summed E-state index contributed by atoms with van der Waals surface area (Å²) in [7, 11) is 3.50. The minimum absolute atomic E-state index is 0.585. The maximum atomic E-state index is 5.15. The van der Waals surface area contributed by atoms with Gasteiger partial charge >= 0.3 is 0 Å². The Morgan fingerprint density at radius 1 is 1.19 bits per heavy atom. The lowest BCUT2D eigenvalue weighted by molar-refractivity contribution is 0.398. The zero-order valence-corrected chi connectivity index (χ0v) is 11.7. The number of aryl methyl sites for hydroxylation is 1. The zero-order chi connectivity index (χ0) is 14.4. The molecule has 0 bridgehead atoms. The number of nitrogens with zero attached hydrogens (tertiary/aromatic N) is 4. The molecule has 0 aromatic carbocycles. The van der Waals surface area contributed by atoms with Crippen LogP contribution in [0.15, 0.2) is 36.8 Å². The first kappa shape index (κ1) is 11.9. The molecule has 0 aliphatic heterocycles. The van der Waals surface area contributed by atoms with E-state index in [9.17, 15) is 0 Å². The third kappa shape index (κ3) is 1.84. The van der Waals surface area contributed by atoms with Gasteiger partial charge in [-0.2, -0.15) is 5.10 Å². The van der Waals surface area contributed by atoms with Gasteiger partial charge in [-0.15, -0.1) is 0 Å². The van der Waals surface area contributed by atoms with Crippen molar-refractivity contribution in [3.05, 3.63) is 36.8 Å². The molecule has 0 fully saturated rings. The summed E-state index contributed by atoms with van der Waals surface area (Å²) in [5.41, 5.74) is 3.69. The molecular formula is C15H13N5O. The lowest BCUT2D eigenvalue weighted by atomic mass is 10.2. The monoisotopic (exact) mass is 279 g/mol. The fourth-order valence-corrected chi connectivity index (χ4v) is 2.48. The molecule has 0 spiro atoms. The van der Waals surface area contributed by atoms with E-state index in [2.05, 4.69) is 26.1 Å². The lowest BCUT2D eigenvalue weighted by Crippen LogP contribution is -1.85. The van der Waals surface area contributed by atoms with E-state index in [1.54, 1.807) is 24.2 Å². The van der Waals surface area contributed by atoms with E-state index in [0.29, 0.717) is 5.88 Å². The largest absolute Gasteiger partial charge is 0.481 e. The molecule has 0 atom stereocenters. The molecule has 0 saturated heterocycles. The van der Waals surface area contributed by atoms with E-state index in [1.807, 2.05) is 25.4 Å². The Bertz CT molecular complexity index is 953. The van der Waals surface area contributed by atoms with E-state index in [1.165, 1.54) is 0 Å². The number of fused-ring (bicyclic) bond motifs is 3. The topological polar surface area (TPSA) is 68.6 Å². The van der Waals surface area contributed by atoms with Crippen molar-refractivity contribution >= 4 is 21.9 Å². The minimum atomic E-state index is 0.585. The highest BCUT2D eigenvalue weighted by molar-refractivity contribution is 6.06. The van der Waals surface area contributed by atoms with Gasteiger partial charge in [-0.05, 0) is 12.1 Å². The Hall–Kier alpha value is -2.89. The molecule has 0 saturated carbocycles. The average molecular weight is 279 g/mol. The van der Waals surface area contributed by atoms with Crippen LogP contribution in [0.4, 0.5) is 0 Å². The lowest BCUT2D eigenvalue weighted by Gasteiger charge is -1.97. The highest BCUT2D eigenvalue weighted by atomic mass is 16.5. The highest BCUT2D eigenvalue weighted by Crippen LogP contribution is 2.28. The van der Waals surface area contributed by atoms with E-state index in [4.69, 9.17) is 4.74 Å². The number of methoxy groups -OCH3 is 1. The standard InChI is InChI=1S/C15H13N5O/c1-20-8-9(6-17-20)12-4-3-10-11-7-16-14(21-2)5-13(11)19-15(10)18-12/h3-8H,1-2H3,(H,18,19). The summed E-state index contributed by atoms with van der Waals surface area (Å²) in [5.74, 6) is 0.585. The van der Waals surface area contributed by atoms with Crippen molar-refractivity contribution in [2.75, 3.05) is 7.11 Å². The number of hydrogen-bond donors (Lipinski definition) is 1. The molecular weight excluding hydrogens is 266 g/mol. The number of ether oxygens (including phenoxy) is 1. The van der Waals surface area contributed by atoms with Crippen LogP contribution < -0.4 is 4.74 Å². The van der Waals surface area contributed by atoms with Crippen LogP contribution in [-0.4, -0.2) is 31.8 Å². The molecule has 21 heavy (non-hydrogen) atoms. The number of H-pyrrole nitrogens is 1. The van der Waals surface area contributed by atoms with Crippen molar-refractivity contribution in [1.82, 2.24) is 24.7 Å². The second kappa shape index (κ2) is 4.31. The van der Waals surface area contributed by atoms with Crippen LogP contribution in [0.25, 0.3) is 33.2 Å². The predicted molar refractivity (Wildman–Crippen MR) is 80.1 cm³/mol. The Labute approximate surface area is 120 Å². The minimum Gasteiger partial charge on any atom is -0.481 e.